The molecule has 0 fully saturated rings. The predicted octanol–water partition coefficient (Wildman–Crippen LogP) is 4.03. The maximum atomic E-state index is 11.0. The molecular weight excluding hydrogens is 268 g/mol. The summed E-state index contributed by atoms with van der Waals surface area (Å²) in [5, 5.41) is 6.51. The van der Waals surface area contributed by atoms with E-state index >= 15 is 0 Å². The van der Waals surface area contributed by atoms with Crippen LogP contribution in [0.3, 0.4) is 0 Å². The standard InChI is InChI=1S/C16H14N2OS/c1-11-10-20-15(9-19)16(11)18-8-12-6-7-17-14-5-3-2-4-13(12)14/h2-7,9-10,18H,8H2,1H3. The van der Waals surface area contributed by atoms with Gasteiger partial charge in [-0.25, -0.2) is 0 Å². The zero-order chi connectivity index (χ0) is 13.9. The van der Waals surface area contributed by atoms with Crippen LogP contribution < -0.4 is 5.32 Å². The second-order valence-corrected chi connectivity index (χ2v) is 5.53. The van der Waals surface area contributed by atoms with Crippen LogP contribution in [0.5, 0.6) is 0 Å². The molecule has 2 aromatic heterocycles. The molecular formula is C16H14N2OS. The predicted molar refractivity (Wildman–Crippen MR) is 83.5 cm³/mol. The summed E-state index contributed by atoms with van der Waals surface area (Å²) in [5.74, 6) is 0. The molecule has 0 bridgehead atoms. The number of para-hydroxylation sites is 1. The first-order valence-electron chi connectivity index (χ1n) is 6.39. The van der Waals surface area contributed by atoms with Crippen molar-refractivity contribution in [2.24, 2.45) is 0 Å². The third-order valence-corrected chi connectivity index (χ3v) is 4.33. The summed E-state index contributed by atoms with van der Waals surface area (Å²) < 4.78 is 0. The van der Waals surface area contributed by atoms with Gasteiger partial charge in [-0.05, 0) is 35.6 Å². The number of benzene rings is 1. The van der Waals surface area contributed by atoms with Gasteiger partial charge in [0.25, 0.3) is 0 Å². The van der Waals surface area contributed by atoms with Gasteiger partial charge in [-0.2, -0.15) is 0 Å². The number of aldehydes is 1. The Balaban J connectivity index is 1.90. The molecule has 2 heterocycles. The Hall–Kier alpha value is -2.20. The number of anilines is 1. The highest BCUT2D eigenvalue weighted by atomic mass is 32.1. The number of thiophene rings is 1. The molecule has 3 aromatic rings. The van der Waals surface area contributed by atoms with E-state index in [1.165, 1.54) is 16.9 Å². The molecule has 3 rings (SSSR count). The van der Waals surface area contributed by atoms with Crippen molar-refractivity contribution < 1.29 is 4.79 Å². The Morgan fingerprint density at radius 3 is 3.00 bits per heavy atom. The van der Waals surface area contributed by atoms with Gasteiger partial charge in [-0.1, -0.05) is 18.2 Å². The fourth-order valence-corrected chi connectivity index (χ4v) is 3.10. The molecule has 0 atom stereocenters. The molecule has 0 radical (unpaired) electrons. The number of nitrogens with one attached hydrogen (secondary N) is 1. The van der Waals surface area contributed by atoms with Crippen molar-refractivity contribution in [1.29, 1.82) is 0 Å². The van der Waals surface area contributed by atoms with Crippen molar-refractivity contribution >= 4 is 34.2 Å². The molecule has 3 nitrogen and oxygen atoms in total. The lowest BCUT2D eigenvalue weighted by atomic mass is 10.1. The second kappa shape index (κ2) is 5.43. The number of carbonyl (C=O) groups is 1. The average molecular weight is 282 g/mol. The van der Waals surface area contributed by atoms with Gasteiger partial charge < -0.3 is 5.32 Å². The van der Waals surface area contributed by atoms with Gasteiger partial charge in [0.15, 0.2) is 6.29 Å². The molecule has 0 unspecified atom stereocenters. The number of fused-ring (bicyclic) bond motifs is 1. The van der Waals surface area contributed by atoms with Gasteiger partial charge in [-0.3, -0.25) is 9.78 Å². The number of nitrogens with zero attached hydrogens (tertiary/aromatic N) is 1. The number of pyridine rings is 1. The maximum absolute atomic E-state index is 11.0. The van der Waals surface area contributed by atoms with Gasteiger partial charge in [0.05, 0.1) is 16.1 Å². The Morgan fingerprint density at radius 1 is 1.30 bits per heavy atom. The van der Waals surface area contributed by atoms with Crippen molar-refractivity contribution in [2.45, 2.75) is 13.5 Å². The summed E-state index contributed by atoms with van der Waals surface area (Å²) >= 11 is 1.47. The van der Waals surface area contributed by atoms with Crippen LogP contribution in [0.4, 0.5) is 5.69 Å². The first-order chi connectivity index (χ1) is 9.79. The van der Waals surface area contributed by atoms with Crippen LogP contribution in [0, 0.1) is 6.92 Å². The van der Waals surface area contributed by atoms with E-state index in [-0.39, 0.29) is 0 Å². The fourth-order valence-electron chi connectivity index (χ4n) is 2.27. The quantitative estimate of drug-likeness (QED) is 0.735. The van der Waals surface area contributed by atoms with E-state index in [9.17, 15) is 4.79 Å². The molecule has 0 saturated heterocycles. The molecule has 20 heavy (non-hydrogen) atoms. The minimum Gasteiger partial charge on any atom is -0.379 e. The number of hydrogen-bond acceptors (Lipinski definition) is 4. The lowest BCUT2D eigenvalue weighted by molar-refractivity contribution is 0.112. The summed E-state index contributed by atoms with van der Waals surface area (Å²) in [6.45, 7) is 2.69. The van der Waals surface area contributed by atoms with Crippen LogP contribution in [-0.2, 0) is 6.54 Å². The number of aromatic nitrogens is 1. The van der Waals surface area contributed by atoms with Crippen LogP contribution in [0.15, 0.2) is 41.9 Å². The number of rotatable bonds is 4. The van der Waals surface area contributed by atoms with Crippen molar-refractivity contribution in [3.05, 3.63) is 57.9 Å². The summed E-state index contributed by atoms with van der Waals surface area (Å²) in [7, 11) is 0. The molecule has 100 valence electrons. The topological polar surface area (TPSA) is 42.0 Å². The van der Waals surface area contributed by atoms with Crippen molar-refractivity contribution in [2.75, 3.05) is 5.32 Å². The Morgan fingerprint density at radius 2 is 2.15 bits per heavy atom. The van der Waals surface area contributed by atoms with Crippen molar-refractivity contribution in [3.63, 3.8) is 0 Å². The summed E-state index contributed by atoms with van der Waals surface area (Å²) in [5.41, 5.74) is 4.21. The molecule has 1 N–H and O–H groups in total. The van der Waals surface area contributed by atoms with Crippen LogP contribution in [0.1, 0.15) is 20.8 Å². The average Bonchev–Trinajstić information content (AvgIpc) is 2.85. The second-order valence-electron chi connectivity index (χ2n) is 4.62. The largest absolute Gasteiger partial charge is 0.379 e. The van der Waals surface area contributed by atoms with E-state index < -0.39 is 0 Å². The highest BCUT2D eigenvalue weighted by molar-refractivity contribution is 7.12. The molecule has 1 aromatic carbocycles. The molecule has 0 aliphatic rings. The highest BCUT2D eigenvalue weighted by Gasteiger charge is 2.08. The minimum atomic E-state index is 0.682. The third kappa shape index (κ3) is 2.30. The van der Waals surface area contributed by atoms with E-state index in [0.29, 0.717) is 6.54 Å². The van der Waals surface area contributed by atoms with E-state index in [1.807, 2.05) is 42.8 Å². The first-order valence-corrected chi connectivity index (χ1v) is 7.27. The normalized spacial score (nSPS) is 10.7. The zero-order valence-electron chi connectivity index (χ0n) is 11.1. The zero-order valence-corrected chi connectivity index (χ0v) is 11.9. The van der Waals surface area contributed by atoms with Gasteiger partial charge in [0.1, 0.15) is 0 Å². The van der Waals surface area contributed by atoms with E-state index in [2.05, 4.69) is 16.4 Å². The molecule has 0 spiro atoms. The number of hydrogen-bond donors (Lipinski definition) is 1. The van der Waals surface area contributed by atoms with Crippen LogP contribution >= 0.6 is 11.3 Å². The summed E-state index contributed by atoms with van der Waals surface area (Å²) in [4.78, 5) is 16.1. The first kappa shape index (κ1) is 12.8. The van der Waals surface area contributed by atoms with Crippen LogP contribution in [0.2, 0.25) is 0 Å². The molecule has 0 saturated carbocycles. The van der Waals surface area contributed by atoms with Crippen LogP contribution in [0.25, 0.3) is 10.9 Å². The van der Waals surface area contributed by atoms with Gasteiger partial charge >= 0.3 is 0 Å². The molecule has 0 amide bonds. The van der Waals surface area contributed by atoms with Gasteiger partial charge in [0.2, 0.25) is 0 Å². The Labute approximate surface area is 121 Å². The molecule has 0 aliphatic carbocycles. The lowest BCUT2D eigenvalue weighted by Gasteiger charge is -2.09. The molecule has 4 heteroatoms. The smallest absolute Gasteiger partial charge is 0.162 e. The number of carbonyl (C=O) groups excluding carboxylic acids is 1. The highest BCUT2D eigenvalue weighted by Crippen LogP contribution is 2.27. The van der Waals surface area contributed by atoms with Crippen molar-refractivity contribution in [3.8, 4) is 0 Å². The lowest BCUT2D eigenvalue weighted by Crippen LogP contribution is -2.02. The fraction of sp³-hybridized carbons (Fsp3) is 0.125. The monoisotopic (exact) mass is 282 g/mol. The maximum Gasteiger partial charge on any atom is 0.162 e. The van der Waals surface area contributed by atoms with Gasteiger partial charge in [0, 0.05) is 18.1 Å². The van der Waals surface area contributed by atoms with E-state index in [1.54, 1.807) is 0 Å². The summed E-state index contributed by atoms with van der Waals surface area (Å²) in [6, 6.07) is 10.1. The number of aryl methyl sites for hydroxylation is 1. The van der Waals surface area contributed by atoms with Crippen molar-refractivity contribution in [1.82, 2.24) is 4.98 Å². The Bertz CT molecular complexity index is 759. The van der Waals surface area contributed by atoms with Crippen LogP contribution in [-0.4, -0.2) is 11.3 Å². The van der Waals surface area contributed by atoms with Gasteiger partial charge in [-0.15, -0.1) is 11.3 Å². The minimum absolute atomic E-state index is 0.682. The van der Waals surface area contributed by atoms with E-state index in [0.717, 1.165) is 33.3 Å². The summed E-state index contributed by atoms with van der Waals surface area (Å²) in [6.07, 6.45) is 2.73. The Kier molecular flexibility index (Phi) is 3.48. The van der Waals surface area contributed by atoms with E-state index in [4.69, 9.17) is 0 Å². The third-order valence-electron chi connectivity index (χ3n) is 3.31. The SMILES string of the molecule is Cc1csc(C=O)c1NCc1ccnc2ccccc12. The molecule has 0 aliphatic heterocycles.